The summed E-state index contributed by atoms with van der Waals surface area (Å²) < 4.78 is 2.03. The molecule has 1 heterocycles. The quantitative estimate of drug-likeness (QED) is 0.231. The molecule has 4 aromatic carbocycles. The fourth-order valence-corrected chi connectivity index (χ4v) is 4.56. The zero-order valence-electron chi connectivity index (χ0n) is 18.3. The second-order valence-corrected chi connectivity index (χ2v) is 9.30. The first-order valence-corrected chi connectivity index (χ1v) is 10.6. The third-order valence-electron chi connectivity index (χ3n) is 6.19. The molecule has 0 atom stereocenters. The number of hydrogen-bond acceptors (Lipinski definition) is 1. The maximum atomic E-state index is 4.93. The summed E-state index contributed by atoms with van der Waals surface area (Å²) in [5, 5.41) is 11.2. The molecule has 5 aromatic rings. The van der Waals surface area contributed by atoms with Crippen LogP contribution in [0.15, 0.2) is 72.8 Å². The second kappa shape index (κ2) is 6.63. The average Bonchev–Trinajstić information content (AvgIpc) is 2.72. The molecule has 5 rings (SSSR count). The van der Waals surface area contributed by atoms with Gasteiger partial charge in [-0.1, -0.05) is 74.0 Å². The van der Waals surface area contributed by atoms with Gasteiger partial charge in [-0.15, -0.1) is 0 Å². The number of benzene rings is 4. The first-order valence-electron chi connectivity index (χ1n) is 10.6. The predicted octanol–water partition coefficient (Wildman–Crippen LogP) is 6.64. The summed E-state index contributed by atoms with van der Waals surface area (Å²) in [4.78, 5) is 0. The van der Waals surface area contributed by atoms with E-state index in [1.54, 1.807) is 0 Å². The Balaban J connectivity index is 1.84. The van der Waals surface area contributed by atoms with E-state index in [9.17, 15) is 0 Å². The second-order valence-electron chi connectivity index (χ2n) is 9.30. The zero-order valence-corrected chi connectivity index (χ0v) is 18.3. The van der Waals surface area contributed by atoms with Gasteiger partial charge in [0, 0.05) is 16.6 Å². The molecule has 0 spiro atoms. The number of aromatic nitrogens is 2. The lowest BCUT2D eigenvalue weighted by molar-refractivity contribution is -0.717. The normalized spacial score (nSPS) is 12.2. The molecule has 0 aliphatic heterocycles. The van der Waals surface area contributed by atoms with E-state index in [1.807, 2.05) is 4.68 Å². The van der Waals surface area contributed by atoms with E-state index >= 15 is 0 Å². The Morgan fingerprint density at radius 3 is 2.07 bits per heavy atom. The minimum absolute atomic E-state index is 0.0567. The van der Waals surface area contributed by atoms with Gasteiger partial charge in [-0.25, -0.2) is 0 Å². The summed E-state index contributed by atoms with van der Waals surface area (Å²) in [7, 11) is 2.05. The summed E-state index contributed by atoms with van der Waals surface area (Å²) in [6.45, 7) is 9.10. The van der Waals surface area contributed by atoms with Gasteiger partial charge in [0.25, 0.3) is 0 Å². The highest BCUT2D eigenvalue weighted by molar-refractivity contribution is 5.98. The van der Waals surface area contributed by atoms with Crippen molar-refractivity contribution < 1.29 is 4.68 Å². The molecule has 0 fully saturated rings. The smallest absolute Gasteiger partial charge is 0.0858 e. The molecule has 2 heteroatoms. The molecular formula is C28H27N2+. The number of hydrogen-bond donors (Lipinski definition) is 0. The maximum absolute atomic E-state index is 4.93. The highest BCUT2D eigenvalue weighted by Crippen LogP contribution is 2.37. The third kappa shape index (κ3) is 2.95. The van der Waals surface area contributed by atoms with Crippen LogP contribution in [0.25, 0.3) is 43.7 Å². The van der Waals surface area contributed by atoms with Crippen molar-refractivity contribution in [1.29, 1.82) is 0 Å². The lowest BCUT2D eigenvalue weighted by Gasteiger charge is -2.23. The van der Waals surface area contributed by atoms with Crippen LogP contribution in [-0.2, 0) is 12.5 Å². The van der Waals surface area contributed by atoms with Crippen molar-refractivity contribution in [3.8, 4) is 11.3 Å². The van der Waals surface area contributed by atoms with Gasteiger partial charge in [-0.2, -0.15) is 0 Å². The van der Waals surface area contributed by atoms with Crippen molar-refractivity contribution >= 4 is 32.4 Å². The van der Waals surface area contributed by atoms with Gasteiger partial charge in [0.1, 0.15) is 5.52 Å². The topological polar surface area (TPSA) is 16.8 Å². The van der Waals surface area contributed by atoms with Gasteiger partial charge in [-0.3, -0.25) is 0 Å². The SMILES string of the molecule is Cc1c(-c2cc3cc4ccccc4cc3n[n+]2C)cc(C(C)(C)C)c2ccccc12. The van der Waals surface area contributed by atoms with Crippen molar-refractivity contribution in [3.05, 3.63) is 83.9 Å². The lowest BCUT2D eigenvalue weighted by Crippen LogP contribution is -2.35. The Morgan fingerprint density at radius 1 is 0.733 bits per heavy atom. The van der Waals surface area contributed by atoms with Crippen LogP contribution in [-0.4, -0.2) is 5.10 Å². The Kier molecular flexibility index (Phi) is 4.14. The van der Waals surface area contributed by atoms with Crippen LogP contribution in [0, 0.1) is 6.92 Å². The third-order valence-corrected chi connectivity index (χ3v) is 6.19. The fraction of sp³-hybridized carbons (Fsp3) is 0.214. The Hall–Kier alpha value is -3.26. The molecule has 0 bridgehead atoms. The molecule has 0 unspecified atom stereocenters. The predicted molar refractivity (Wildman–Crippen MR) is 127 cm³/mol. The monoisotopic (exact) mass is 391 g/mol. The van der Waals surface area contributed by atoms with E-state index in [1.165, 1.54) is 43.6 Å². The summed E-state index contributed by atoms with van der Waals surface area (Å²) in [5.41, 5.74) is 6.15. The van der Waals surface area contributed by atoms with Crippen LogP contribution in [0.2, 0.25) is 0 Å². The molecule has 0 aliphatic rings. The number of aryl methyl sites for hydroxylation is 2. The standard InChI is InChI=1S/C28H27N2/c1-18-22-12-8-9-13-23(22)25(28(2,3)4)17-24(18)27-16-21-14-19-10-6-7-11-20(19)15-26(21)29-30(27)5/h6-17H,1-5H3/q+1. The van der Waals surface area contributed by atoms with Gasteiger partial charge >= 0.3 is 0 Å². The number of rotatable bonds is 1. The van der Waals surface area contributed by atoms with E-state index in [-0.39, 0.29) is 5.41 Å². The van der Waals surface area contributed by atoms with Crippen molar-refractivity contribution in [2.24, 2.45) is 7.05 Å². The van der Waals surface area contributed by atoms with Crippen LogP contribution in [0.1, 0.15) is 31.9 Å². The number of fused-ring (bicyclic) bond motifs is 3. The van der Waals surface area contributed by atoms with Crippen molar-refractivity contribution in [2.75, 3.05) is 0 Å². The molecule has 0 aliphatic carbocycles. The molecule has 2 nitrogen and oxygen atoms in total. The average molecular weight is 392 g/mol. The van der Waals surface area contributed by atoms with Gasteiger partial charge in [0.05, 0.1) is 5.56 Å². The fourth-order valence-electron chi connectivity index (χ4n) is 4.56. The van der Waals surface area contributed by atoms with Crippen molar-refractivity contribution in [2.45, 2.75) is 33.1 Å². The lowest BCUT2D eigenvalue weighted by atomic mass is 9.80. The maximum Gasteiger partial charge on any atom is 0.239 e. The first-order chi connectivity index (χ1) is 14.3. The minimum atomic E-state index is 0.0567. The van der Waals surface area contributed by atoms with Gasteiger partial charge in [0.15, 0.2) is 7.05 Å². The van der Waals surface area contributed by atoms with E-state index in [0.717, 1.165) is 11.2 Å². The molecule has 0 saturated heterocycles. The Bertz CT molecular complexity index is 1440. The largest absolute Gasteiger partial charge is 0.239 e. The molecule has 0 N–H and O–H groups in total. The molecule has 148 valence electrons. The molecule has 1 aromatic heterocycles. The minimum Gasteiger partial charge on any atom is -0.0858 e. The molecule has 30 heavy (non-hydrogen) atoms. The van der Waals surface area contributed by atoms with Crippen molar-refractivity contribution in [3.63, 3.8) is 0 Å². The van der Waals surface area contributed by atoms with E-state index in [4.69, 9.17) is 5.10 Å². The summed E-state index contributed by atoms with van der Waals surface area (Å²) in [5.74, 6) is 0. The first kappa shape index (κ1) is 18.7. The van der Waals surface area contributed by atoms with Crippen LogP contribution in [0.3, 0.4) is 0 Å². The molecule has 0 saturated carbocycles. The van der Waals surface area contributed by atoms with Crippen LogP contribution in [0.5, 0.6) is 0 Å². The molecular weight excluding hydrogens is 364 g/mol. The summed E-state index contributed by atoms with van der Waals surface area (Å²) in [6.07, 6.45) is 0. The molecule has 0 amide bonds. The van der Waals surface area contributed by atoms with Gasteiger partial charge in [0.2, 0.25) is 5.69 Å². The van der Waals surface area contributed by atoms with E-state index in [2.05, 4.69) is 108 Å². The van der Waals surface area contributed by atoms with E-state index < -0.39 is 0 Å². The highest BCUT2D eigenvalue weighted by Gasteiger charge is 2.24. The van der Waals surface area contributed by atoms with Crippen LogP contribution >= 0.6 is 0 Å². The summed E-state index contributed by atoms with van der Waals surface area (Å²) >= 11 is 0. The number of nitrogens with zero attached hydrogens (tertiary/aromatic N) is 2. The zero-order chi connectivity index (χ0) is 21.0. The van der Waals surface area contributed by atoms with E-state index in [0.29, 0.717) is 0 Å². The van der Waals surface area contributed by atoms with Gasteiger partial charge in [-0.05, 0) is 63.2 Å². The van der Waals surface area contributed by atoms with Crippen molar-refractivity contribution in [1.82, 2.24) is 5.10 Å². The van der Waals surface area contributed by atoms with Crippen LogP contribution in [0.4, 0.5) is 0 Å². The van der Waals surface area contributed by atoms with Gasteiger partial charge < -0.3 is 0 Å². The Labute approximate surface area is 177 Å². The Morgan fingerprint density at radius 2 is 1.37 bits per heavy atom. The summed E-state index contributed by atoms with van der Waals surface area (Å²) in [6, 6.07) is 26.3. The molecule has 0 radical (unpaired) electrons. The highest BCUT2D eigenvalue weighted by atomic mass is 15.2. The van der Waals surface area contributed by atoms with Crippen LogP contribution < -0.4 is 4.68 Å².